The predicted molar refractivity (Wildman–Crippen MR) is 108 cm³/mol. The van der Waals surface area contributed by atoms with Crippen molar-refractivity contribution >= 4 is 5.96 Å². The molecule has 0 bridgehead atoms. The quantitative estimate of drug-likeness (QED) is 0.352. The second-order valence-corrected chi connectivity index (χ2v) is 7.64. The normalized spacial score (nSPS) is 26.0. The molecule has 0 aromatic heterocycles. The summed E-state index contributed by atoms with van der Waals surface area (Å²) in [6.45, 7) is 13.0. The highest BCUT2D eigenvalue weighted by atomic mass is 16.5. The number of aliphatic imine (C=N–C) groups is 1. The van der Waals surface area contributed by atoms with Crippen molar-refractivity contribution < 1.29 is 9.47 Å². The van der Waals surface area contributed by atoms with Gasteiger partial charge in [0.1, 0.15) is 0 Å². The van der Waals surface area contributed by atoms with Crippen molar-refractivity contribution in [2.45, 2.75) is 77.5 Å². The summed E-state index contributed by atoms with van der Waals surface area (Å²) in [6.07, 6.45) is 7.63. The van der Waals surface area contributed by atoms with Crippen LogP contribution >= 0.6 is 0 Å². The highest BCUT2D eigenvalue weighted by molar-refractivity contribution is 5.79. The van der Waals surface area contributed by atoms with E-state index in [-0.39, 0.29) is 0 Å². The van der Waals surface area contributed by atoms with E-state index in [2.05, 4.69) is 36.3 Å². The number of likely N-dealkylation sites (tertiary alicyclic amines) is 1. The summed E-state index contributed by atoms with van der Waals surface area (Å²) in [6, 6.07) is 1.18. The maximum Gasteiger partial charge on any atom is 0.191 e. The molecule has 26 heavy (non-hydrogen) atoms. The molecule has 152 valence electrons. The van der Waals surface area contributed by atoms with Gasteiger partial charge in [-0.1, -0.05) is 6.42 Å². The molecule has 0 aromatic rings. The van der Waals surface area contributed by atoms with Gasteiger partial charge in [-0.15, -0.1) is 0 Å². The summed E-state index contributed by atoms with van der Waals surface area (Å²) >= 11 is 0. The number of guanidine groups is 1. The summed E-state index contributed by atoms with van der Waals surface area (Å²) in [5.41, 5.74) is 0. The molecule has 2 aliphatic heterocycles. The molecule has 2 N–H and O–H groups in total. The maximum atomic E-state index is 5.72. The first-order valence-corrected chi connectivity index (χ1v) is 10.7. The third kappa shape index (κ3) is 7.80. The molecule has 6 nitrogen and oxygen atoms in total. The van der Waals surface area contributed by atoms with Crippen LogP contribution in [0.15, 0.2) is 4.99 Å². The zero-order valence-electron chi connectivity index (χ0n) is 17.1. The average Bonchev–Trinajstić information content (AvgIpc) is 3.16. The molecule has 2 rings (SSSR count). The molecule has 2 aliphatic rings. The third-order valence-corrected chi connectivity index (χ3v) is 5.36. The Morgan fingerprint density at radius 1 is 1.27 bits per heavy atom. The lowest BCUT2D eigenvalue weighted by atomic mass is 10.0. The summed E-state index contributed by atoms with van der Waals surface area (Å²) in [5.74, 6) is 0.920. The van der Waals surface area contributed by atoms with E-state index in [1.54, 1.807) is 0 Å². The molecule has 0 saturated carbocycles. The molecule has 2 fully saturated rings. The number of rotatable bonds is 10. The molecular formula is C20H40N4O2. The molecule has 0 spiro atoms. The van der Waals surface area contributed by atoms with E-state index >= 15 is 0 Å². The van der Waals surface area contributed by atoms with Crippen molar-refractivity contribution in [2.75, 3.05) is 46.0 Å². The van der Waals surface area contributed by atoms with Gasteiger partial charge in [0.15, 0.2) is 5.96 Å². The van der Waals surface area contributed by atoms with Crippen LogP contribution in [0.3, 0.4) is 0 Å². The smallest absolute Gasteiger partial charge is 0.191 e. The van der Waals surface area contributed by atoms with Gasteiger partial charge in [0.2, 0.25) is 0 Å². The number of nitrogens with zero attached hydrogens (tertiary/aromatic N) is 2. The Morgan fingerprint density at radius 2 is 2.15 bits per heavy atom. The first-order chi connectivity index (χ1) is 12.7. The Kier molecular flexibility index (Phi) is 10.3. The summed E-state index contributed by atoms with van der Waals surface area (Å²) in [7, 11) is 0. The number of piperidine rings is 1. The molecule has 0 aromatic carbocycles. The predicted octanol–water partition coefficient (Wildman–Crippen LogP) is 2.39. The van der Waals surface area contributed by atoms with E-state index in [0.29, 0.717) is 18.2 Å². The molecule has 0 amide bonds. The van der Waals surface area contributed by atoms with Gasteiger partial charge in [-0.25, -0.2) is 0 Å². The summed E-state index contributed by atoms with van der Waals surface area (Å²) in [4.78, 5) is 7.40. The monoisotopic (exact) mass is 368 g/mol. The van der Waals surface area contributed by atoms with Crippen LogP contribution in [-0.4, -0.2) is 75.0 Å². The molecule has 2 saturated heterocycles. The van der Waals surface area contributed by atoms with Gasteiger partial charge in [0.25, 0.3) is 0 Å². The van der Waals surface area contributed by atoms with E-state index in [1.165, 1.54) is 32.2 Å². The lowest BCUT2D eigenvalue weighted by Crippen LogP contribution is -2.45. The van der Waals surface area contributed by atoms with Crippen molar-refractivity contribution in [1.82, 2.24) is 15.5 Å². The van der Waals surface area contributed by atoms with Crippen LogP contribution in [0.5, 0.6) is 0 Å². The van der Waals surface area contributed by atoms with Gasteiger partial charge in [-0.05, 0) is 59.4 Å². The number of nitrogens with one attached hydrogen (secondary N) is 2. The van der Waals surface area contributed by atoms with Crippen LogP contribution in [0.2, 0.25) is 0 Å². The molecule has 3 unspecified atom stereocenters. The zero-order chi connectivity index (χ0) is 18.6. The lowest BCUT2D eigenvalue weighted by molar-refractivity contribution is 0.0168. The number of hydrogen-bond acceptors (Lipinski definition) is 4. The van der Waals surface area contributed by atoms with Crippen molar-refractivity contribution in [3.8, 4) is 0 Å². The Labute approximate surface area is 160 Å². The Balaban J connectivity index is 1.62. The molecule has 2 heterocycles. The topological polar surface area (TPSA) is 58.1 Å². The van der Waals surface area contributed by atoms with Gasteiger partial charge in [-0.3, -0.25) is 9.89 Å². The fourth-order valence-corrected chi connectivity index (χ4v) is 3.82. The van der Waals surface area contributed by atoms with E-state index < -0.39 is 0 Å². The Bertz CT molecular complexity index is 399. The third-order valence-electron chi connectivity index (χ3n) is 5.36. The lowest BCUT2D eigenvalue weighted by Gasteiger charge is -2.37. The Morgan fingerprint density at radius 3 is 2.88 bits per heavy atom. The van der Waals surface area contributed by atoms with Crippen molar-refractivity contribution in [1.29, 1.82) is 0 Å². The van der Waals surface area contributed by atoms with Crippen LogP contribution in [-0.2, 0) is 9.47 Å². The minimum atomic E-state index is 0.320. The number of hydrogen-bond donors (Lipinski definition) is 2. The Hall–Kier alpha value is -0.850. The van der Waals surface area contributed by atoms with E-state index in [0.717, 1.165) is 58.3 Å². The summed E-state index contributed by atoms with van der Waals surface area (Å²) in [5, 5.41) is 6.78. The van der Waals surface area contributed by atoms with Gasteiger partial charge < -0.3 is 20.1 Å². The van der Waals surface area contributed by atoms with Crippen LogP contribution in [0.4, 0.5) is 0 Å². The fourth-order valence-electron chi connectivity index (χ4n) is 3.82. The minimum absolute atomic E-state index is 0.320. The second-order valence-electron chi connectivity index (χ2n) is 7.64. The highest BCUT2D eigenvalue weighted by Crippen LogP contribution is 2.19. The average molecular weight is 369 g/mol. The van der Waals surface area contributed by atoms with Crippen LogP contribution in [0, 0.1) is 0 Å². The van der Waals surface area contributed by atoms with Gasteiger partial charge >= 0.3 is 0 Å². The molecule has 6 heteroatoms. The SMILES string of the molecule is CCNC(=NCC(C)N1CCCCC1C)NCCCOCC1CCCO1. The first-order valence-electron chi connectivity index (χ1n) is 10.7. The largest absolute Gasteiger partial charge is 0.379 e. The highest BCUT2D eigenvalue weighted by Gasteiger charge is 2.22. The molecular weight excluding hydrogens is 328 g/mol. The van der Waals surface area contributed by atoms with E-state index in [4.69, 9.17) is 14.5 Å². The van der Waals surface area contributed by atoms with E-state index in [1.807, 2.05) is 0 Å². The molecule has 0 aliphatic carbocycles. The van der Waals surface area contributed by atoms with Crippen LogP contribution < -0.4 is 10.6 Å². The zero-order valence-corrected chi connectivity index (χ0v) is 17.1. The second kappa shape index (κ2) is 12.5. The minimum Gasteiger partial charge on any atom is -0.379 e. The molecule has 3 atom stereocenters. The van der Waals surface area contributed by atoms with Gasteiger partial charge in [0, 0.05) is 38.4 Å². The van der Waals surface area contributed by atoms with Crippen molar-refractivity contribution in [3.05, 3.63) is 0 Å². The van der Waals surface area contributed by atoms with Crippen LogP contribution in [0.1, 0.15) is 59.3 Å². The van der Waals surface area contributed by atoms with Gasteiger partial charge in [0.05, 0.1) is 19.3 Å². The first kappa shape index (κ1) is 21.5. The van der Waals surface area contributed by atoms with E-state index in [9.17, 15) is 0 Å². The standard InChI is InChI=1S/C20H40N4O2/c1-4-21-20(22-11-8-13-25-16-19-10-7-14-26-19)23-15-18(3)24-12-6-5-9-17(24)2/h17-19H,4-16H2,1-3H3,(H2,21,22,23). The van der Waals surface area contributed by atoms with Crippen molar-refractivity contribution in [2.24, 2.45) is 4.99 Å². The maximum absolute atomic E-state index is 5.72. The van der Waals surface area contributed by atoms with Gasteiger partial charge in [-0.2, -0.15) is 0 Å². The molecule has 0 radical (unpaired) electrons. The van der Waals surface area contributed by atoms with Crippen LogP contribution in [0.25, 0.3) is 0 Å². The van der Waals surface area contributed by atoms with Crippen molar-refractivity contribution in [3.63, 3.8) is 0 Å². The summed E-state index contributed by atoms with van der Waals surface area (Å²) < 4.78 is 11.3. The fraction of sp³-hybridized carbons (Fsp3) is 0.950. The number of ether oxygens (including phenoxy) is 2.